The molecule has 1 aromatic heterocycles. The third kappa shape index (κ3) is 4.29. The Balaban J connectivity index is 1.81. The number of furan rings is 1. The van der Waals surface area contributed by atoms with Crippen molar-refractivity contribution in [2.75, 3.05) is 11.5 Å². The topological polar surface area (TPSA) is 80.0 Å². The first kappa shape index (κ1) is 22.4. The van der Waals surface area contributed by atoms with E-state index in [1.807, 2.05) is 25.1 Å². The quantitative estimate of drug-likeness (QED) is 0.305. The Morgan fingerprint density at radius 2 is 1.73 bits per heavy atom. The molecule has 1 saturated heterocycles. The molecule has 6 heteroatoms. The molecule has 1 aliphatic rings. The van der Waals surface area contributed by atoms with E-state index >= 15 is 0 Å². The minimum absolute atomic E-state index is 0.00606. The SMILES string of the molecule is Cc1ccc(C2/C(=C(/O)c3ccc(OCC(C)C)cc3)C(=O)C(=O)N2c2ccccc2C)o1. The van der Waals surface area contributed by atoms with Crippen LogP contribution in [0.5, 0.6) is 5.75 Å². The van der Waals surface area contributed by atoms with E-state index in [0.717, 1.165) is 5.56 Å². The maximum atomic E-state index is 13.2. The number of benzene rings is 2. The molecule has 1 atom stereocenters. The van der Waals surface area contributed by atoms with Gasteiger partial charge >= 0.3 is 0 Å². The Kier molecular flexibility index (Phi) is 6.09. The van der Waals surface area contributed by atoms with E-state index in [1.165, 1.54) is 4.90 Å². The maximum Gasteiger partial charge on any atom is 0.300 e. The summed E-state index contributed by atoms with van der Waals surface area (Å²) in [6, 6.07) is 16.8. The molecule has 1 amide bonds. The summed E-state index contributed by atoms with van der Waals surface area (Å²) in [4.78, 5) is 27.7. The van der Waals surface area contributed by atoms with Crippen LogP contribution in [-0.2, 0) is 9.59 Å². The number of anilines is 1. The first-order valence-corrected chi connectivity index (χ1v) is 10.9. The van der Waals surface area contributed by atoms with Gasteiger partial charge in [-0.3, -0.25) is 14.5 Å². The smallest absolute Gasteiger partial charge is 0.300 e. The van der Waals surface area contributed by atoms with E-state index in [0.29, 0.717) is 41.0 Å². The Morgan fingerprint density at radius 1 is 1.03 bits per heavy atom. The number of amides is 1. The van der Waals surface area contributed by atoms with Crippen molar-refractivity contribution >= 4 is 23.1 Å². The van der Waals surface area contributed by atoms with E-state index in [-0.39, 0.29) is 11.3 Å². The molecule has 0 spiro atoms. The molecule has 0 bridgehead atoms. The molecule has 3 aromatic rings. The molecule has 4 rings (SSSR count). The second-order valence-electron chi connectivity index (χ2n) is 8.63. The van der Waals surface area contributed by atoms with Gasteiger partial charge in [0.15, 0.2) is 0 Å². The number of aryl methyl sites for hydroxylation is 2. The molecular weight excluding hydrogens is 418 g/mol. The van der Waals surface area contributed by atoms with Crippen molar-refractivity contribution in [3.63, 3.8) is 0 Å². The number of nitrogens with zero attached hydrogens (tertiary/aromatic N) is 1. The van der Waals surface area contributed by atoms with Crippen LogP contribution in [0.2, 0.25) is 0 Å². The normalized spacial score (nSPS) is 17.7. The van der Waals surface area contributed by atoms with Gasteiger partial charge in [-0.15, -0.1) is 0 Å². The van der Waals surface area contributed by atoms with Gasteiger partial charge in [-0.25, -0.2) is 0 Å². The molecule has 0 saturated carbocycles. The van der Waals surface area contributed by atoms with E-state index < -0.39 is 17.7 Å². The number of aliphatic hydroxyl groups excluding tert-OH is 1. The van der Waals surface area contributed by atoms with Crippen LogP contribution >= 0.6 is 0 Å². The van der Waals surface area contributed by atoms with Crippen LogP contribution in [0.4, 0.5) is 5.69 Å². The van der Waals surface area contributed by atoms with Gasteiger partial charge in [0, 0.05) is 11.3 Å². The van der Waals surface area contributed by atoms with E-state index in [2.05, 4.69) is 13.8 Å². The first-order valence-electron chi connectivity index (χ1n) is 10.9. The number of carbonyl (C=O) groups excluding carboxylic acids is 2. The molecule has 170 valence electrons. The fourth-order valence-corrected chi connectivity index (χ4v) is 3.91. The van der Waals surface area contributed by atoms with Gasteiger partial charge in [0.1, 0.15) is 29.1 Å². The van der Waals surface area contributed by atoms with Gasteiger partial charge in [0.05, 0.1) is 12.2 Å². The van der Waals surface area contributed by atoms with Crippen LogP contribution in [0.3, 0.4) is 0 Å². The molecule has 33 heavy (non-hydrogen) atoms. The zero-order valence-electron chi connectivity index (χ0n) is 19.2. The molecule has 1 fully saturated rings. The van der Waals surface area contributed by atoms with Gasteiger partial charge < -0.3 is 14.3 Å². The number of ether oxygens (including phenoxy) is 1. The standard InChI is InChI=1S/C27H27NO5/c1-16(2)15-32-20-12-10-19(11-13-20)25(29)23-24(22-14-9-18(4)33-22)28(27(31)26(23)30)21-8-6-5-7-17(21)3/h5-14,16,24,29H,15H2,1-4H3/b25-23-. The number of rotatable bonds is 6. The van der Waals surface area contributed by atoms with Crippen molar-refractivity contribution < 1.29 is 23.8 Å². The summed E-state index contributed by atoms with van der Waals surface area (Å²) < 4.78 is 11.5. The second-order valence-corrected chi connectivity index (χ2v) is 8.63. The molecule has 0 aliphatic carbocycles. The zero-order valence-corrected chi connectivity index (χ0v) is 19.2. The predicted molar refractivity (Wildman–Crippen MR) is 126 cm³/mol. The summed E-state index contributed by atoms with van der Waals surface area (Å²) in [5.41, 5.74) is 1.84. The number of hydrogen-bond donors (Lipinski definition) is 1. The van der Waals surface area contributed by atoms with E-state index in [4.69, 9.17) is 9.15 Å². The van der Waals surface area contributed by atoms with Gasteiger partial charge in [-0.2, -0.15) is 0 Å². The molecule has 2 aromatic carbocycles. The van der Waals surface area contributed by atoms with Crippen LogP contribution in [0, 0.1) is 19.8 Å². The Bertz CT molecular complexity index is 1220. The highest BCUT2D eigenvalue weighted by Crippen LogP contribution is 2.43. The monoisotopic (exact) mass is 445 g/mol. The summed E-state index contributed by atoms with van der Waals surface area (Å²) in [5.74, 6) is 0.391. The lowest BCUT2D eigenvalue weighted by Gasteiger charge is -2.25. The minimum Gasteiger partial charge on any atom is -0.507 e. The van der Waals surface area contributed by atoms with Crippen molar-refractivity contribution in [1.82, 2.24) is 0 Å². The highest BCUT2D eigenvalue weighted by molar-refractivity contribution is 6.51. The largest absolute Gasteiger partial charge is 0.507 e. The average Bonchev–Trinajstić information content (AvgIpc) is 3.33. The van der Waals surface area contributed by atoms with Crippen molar-refractivity contribution in [1.29, 1.82) is 0 Å². The van der Waals surface area contributed by atoms with Gasteiger partial charge in [-0.05, 0) is 67.8 Å². The van der Waals surface area contributed by atoms with Crippen LogP contribution in [0.25, 0.3) is 5.76 Å². The van der Waals surface area contributed by atoms with Crippen LogP contribution in [-0.4, -0.2) is 23.4 Å². The van der Waals surface area contributed by atoms with Crippen LogP contribution in [0.15, 0.2) is 70.7 Å². The molecule has 1 N–H and O–H groups in total. The highest BCUT2D eigenvalue weighted by atomic mass is 16.5. The lowest BCUT2D eigenvalue weighted by atomic mass is 9.99. The van der Waals surface area contributed by atoms with Gasteiger partial charge in [0.2, 0.25) is 0 Å². The summed E-state index contributed by atoms with van der Waals surface area (Å²) in [6.07, 6.45) is 0. The molecule has 2 heterocycles. The van der Waals surface area contributed by atoms with Crippen LogP contribution < -0.4 is 9.64 Å². The summed E-state index contributed by atoms with van der Waals surface area (Å²) >= 11 is 0. The third-order valence-corrected chi connectivity index (χ3v) is 5.56. The second kappa shape index (κ2) is 8.98. The molecule has 0 radical (unpaired) electrons. The zero-order chi connectivity index (χ0) is 23.7. The van der Waals surface area contributed by atoms with Crippen molar-refractivity contribution in [3.8, 4) is 5.75 Å². The summed E-state index contributed by atoms with van der Waals surface area (Å²) in [6.45, 7) is 8.35. The number of aliphatic hydroxyl groups is 1. The number of carbonyl (C=O) groups is 2. The number of hydrogen-bond acceptors (Lipinski definition) is 5. The Labute approximate surface area is 193 Å². The summed E-state index contributed by atoms with van der Waals surface area (Å²) in [5, 5.41) is 11.2. The maximum absolute atomic E-state index is 13.2. The number of Topliss-reactive ketones (excluding diaryl/α,β-unsaturated/α-hetero) is 1. The van der Waals surface area contributed by atoms with Crippen molar-refractivity contribution in [3.05, 3.63) is 88.9 Å². The molecule has 6 nitrogen and oxygen atoms in total. The fourth-order valence-electron chi connectivity index (χ4n) is 3.91. The summed E-state index contributed by atoms with van der Waals surface area (Å²) in [7, 11) is 0. The van der Waals surface area contributed by atoms with Gasteiger partial charge in [0.25, 0.3) is 11.7 Å². The average molecular weight is 446 g/mol. The van der Waals surface area contributed by atoms with Crippen molar-refractivity contribution in [2.24, 2.45) is 5.92 Å². The highest BCUT2D eigenvalue weighted by Gasteiger charge is 2.48. The third-order valence-electron chi connectivity index (χ3n) is 5.56. The lowest BCUT2D eigenvalue weighted by molar-refractivity contribution is -0.132. The Hall–Kier alpha value is -3.80. The van der Waals surface area contributed by atoms with E-state index in [1.54, 1.807) is 49.4 Å². The minimum atomic E-state index is -0.878. The Morgan fingerprint density at radius 3 is 2.33 bits per heavy atom. The number of para-hydroxylation sites is 1. The molecule has 1 aliphatic heterocycles. The van der Waals surface area contributed by atoms with E-state index in [9.17, 15) is 14.7 Å². The molecular formula is C27H27NO5. The van der Waals surface area contributed by atoms with Gasteiger partial charge in [-0.1, -0.05) is 32.0 Å². The van der Waals surface area contributed by atoms with Crippen LogP contribution in [0.1, 0.15) is 42.5 Å². The lowest BCUT2D eigenvalue weighted by Crippen LogP contribution is -2.29. The molecule has 1 unspecified atom stereocenters. The first-order chi connectivity index (χ1) is 15.8. The van der Waals surface area contributed by atoms with Crippen molar-refractivity contribution in [2.45, 2.75) is 33.7 Å². The fraction of sp³-hybridized carbons (Fsp3) is 0.259. The number of ketones is 1. The predicted octanol–water partition coefficient (Wildman–Crippen LogP) is 5.56.